The molecular weight excluding hydrogens is 487 g/mol. The van der Waals surface area contributed by atoms with E-state index in [1.165, 1.54) is 0 Å². The van der Waals surface area contributed by atoms with E-state index in [0.29, 0.717) is 37.1 Å². The number of furan rings is 1. The number of nitrogens with one attached hydrogen (secondary N) is 3. The third kappa shape index (κ3) is 6.29. The molecule has 3 aromatic heterocycles. The molecule has 29 heavy (non-hydrogen) atoms. The van der Waals surface area contributed by atoms with Gasteiger partial charge in [-0.05, 0) is 26.0 Å². The van der Waals surface area contributed by atoms with Crippen molar-refractivity contribution >= 4 is 29.9 Å². The fraction of sp³-hybridized carbons (Fsp3) is 0.444. The number of aromatic amines is 1. The van der Waals surface area contributed by atoms with Crippen molar-refractivity contribution in [1.29, 1.82) is 0 Å². The number of halogens is 1. The molecule has 1 atom stereocenters. The molecule has 0 amide bonds. The summed E-state index contributed by atoms with van der Waals surface area (Å²) in [4.78, 5) is 8.91. The molecule has 0 aliphatic rings. The first-order chi connectivity index (χ1) is 13.5. The molecule has 0 spiro atoms. The maximum absolute atomic E-state index is 10.7. The van der Waals surface area contributed by atoms with E-state index in [4.69, 9.17) is 4.42 Å². The van der Waals surface area contributed by atoms with Crippen molar-refractivity contribution in [3.05, 3.63) is 42.2 Å². The van der Waals surface area contributed by atoms with Gasteiger partial charge in [0.15, 0.2) is 11.7 Å². The van der Waals surface area contributed by atoms with Crippen LogP contribution in [0.2, 0.25) is 0 Å². The summed E-state index contributed by atoms with van der Waals surface area (Å²) >= 11 is 0. The van der Waals surface area contributed by atoms with Crippen LogP contribution in [0.5, 0.6) is 0 Å². The van der Waals surface area contributed by atoms with Gasteiger partial charge in [-0.15, -0.1) is 24.0 Å². The van der Waals surface area contributed by atoms with Crippen LogP contribution in [0.15, 0.2) is 40.2 Å². The quantitative estimate of drug-likeness (QED) is 0.203. The predicted octanol–water partition coefficient (Wildman–Crippen LogP) is 1.42. The van der Waals surface area contributed by atoms with Crippen molar-refractivity contribution in [1.82, 2.24) is 35.6 Å². The molecule has 0 saturated carbocycles. The number of hydrogen-bond acceptors (Lipinski definition) is 6. The maximum Gasteiger partial charge on any atom is 0.216 e. The van der Waals surface area contributed by atoms with Crippen LogP contribution in [0.3, 0.4) is 0 Å². The third-order valence-electron chi connectivity index (χ3n) is 4.14. The molecule has 1 unspecified atom stereocenters. The van der Waals surface area contributed by atoms with Gasteiger partial charge in [0.05, 0.1) is 19.0 Å². The molecule has 0 aromatic carbocycles. The number of H-pyrrole nitrogens is 1. The fourth-order valence-corrected chi connectivity index (χ4v) is 2.59. The van der Waals surface area contributed by atoms with Crippen LogP contribution in [0.25, 0.3) is 11.6 Å². The van der Waals surface area contributed by atoms with Gasteiger partial charge in [-0.1, -0.05) is 0 Å². The Kier molecular flexibility index (Phi) is 8.20. The van der Waals surface area contributed by atoms with Gasteiger partial charge < -0.3 is 20.2 Å². The lowest BCUT2D eigenvalue weighted by molar-refractivity contribution is 0.0672. The number of aliphatic hydroxyl groups is 1. The Labute approximate surface area is 186 Å². The molecule has 3 aromatic rings. The van der Waals surface area contributed by atoms with Gasteiger partial charge in [-0.2, -0.15) is 10.2 Å². The lowest BCUT2D eigenvalue weighted by atomic mass is 10.0. The molecule has 158 valence electrons. The van der Waals surface area contributed by atoms with E-state index in [2.05, 4.69) is 35.9 Å². The van der Waals surface area contributed by atoms with E-state index >= 15 is 0 Å². The lowest BCUT2D eigenvalue weighted by Gasteiger charge is -2.20. The molecular formula is C18H27IN8O2. The van der Waals surface area contributed by atoms with E-state index in [-0.39, 0.29) is 30.5 Å². The largest absolute Gasteiger partial charge is 0.461 e. The first-order valence-electron chi connectivity index (χ1n) is 9.17. The second kappa shape index (κ2) is 10.4. The third-order valence-corrected chi connectivity index (χ3v) is 4.14. The number of hydrogen-bond donors (Lipinski definition) is 4. The van der Waals surface area contributed by atoms with Crippen molar-refractivity contribution in [2.24, 2.45) is 12.0 Å². The van der Waals surface area contributed by atoms with Crippen LogP contribution in [0, 0.1) is 0 Å². The van der Waals surface area contributed by atoms with E-state index in [9.17, 15) is 5.11 Å². The van der Waals surface area contributed by atoms with Gasteiger partial charge in [-0.25, -0.2) is 9.98 Å². The summed E-state index contributed by atoms with van der Waals surface area (Å²) in [6.45, 7) is 5.24. The van der Waals surface area contributed by atoms with Crippen LogP contribution >= 0.6 is 24.0 Å². The Morgan fingerprint density at radius 1 is 1.41 bits per heavy atom. The zero-order valence-corrected chi connectivity index (χ0v) is 19.0. The molecule has 10 nitrogen and oxygen atoms in total. The minimum absolute atomic E-state index is 0. The van der Waals surface area contributed by atoms with Crippen LogP contribution in [-0.4, -0.2) is 55.7 Å². The van der Waals surface area contributed by atoms with Gasteiger partial charge in [0.25, 0.3) is 0 Å². The number of rotatable bonds is 8. The van der Waals surface area contributed by atoms with E-state index in [1.54, 1.807) is 36.3 Å². The average Bonchev–Trinajstić information content (AvgIpc) is 3.41. The molecule has 0 aliphatic heterocycles. The highest BCUT2D eigenvalue weighted by atomic mass is 127. The van der Waals surface area contributed by atoms with Gasteiger partial charge in [0.2, 0.25) is 5.82 Å². The fourth-order valence-electron chi connectivity index (χ4n) is 2.59. The molecule has 0 aliphatic carbocycles. The second-order valence-electron chi connectivity index (χ2n) is 6.63. The Morgan fingerprint density at radius 3 is 2.90 bits per heavy atom. The predicted molar refractivity (Wildman–Crippen MR) is 120 cm³/mol. The maximum atomic E-state index is 10.7. The number of guanidine groups is 1. The number of aryl methyl sites for hydroxylation is 1. The van der Waals surface area contributed by atoms with Crippen LogP contribution in [-0.2, 0) is 19.1 Å². The van der Waals surface area contributed by atoms with Crippen molar-refractivity contribution in [2.45, 2.75) is 25.9 Å². The Morgan fingerprint density at radius 2 is 2.24 bits per heavy atom. The van der Waals surface area contributed by atoms with Crippen molar-refractivity contribution in [3.63, 3.8) is 0 Å². The highest BCUT2D eigenvalue weighted by Gasteiger charge is 2.24. The summed E-state index contributed by atoms with van der Waals surface area (Å²) in [6.07, 6.45) is 5.66. The minimum Gasteiger partial charge on any atom is -0.461 e. The molecule has 0 saturated heterocycles. The molecule has 4 N–H and O–H groups in total. The first kappa shape index (κ1) is 22.9. The SMILES string of the molecule is CCNC(=NCC(C)(O)c1cnn(C)c1)NCCc1nc(-c2ccco2)n[nH]1.I. The van der Waals surface area contributed by atoms with Gasteiger partial charge in [0.1, 0.15) is 11.4 Å². The van der Waals surface area contributed by atoms with Crippen LogP contribution < -0.4 is 10.6 Å². The minimum atomic E-state index is -1.10. The van der Waals surface area contributed by atoms with Crippen LogP contribution in [0.1, 0.15) is 25.2 Å². The molecule has 0 fully saturated rings. The summed E-state index contributed by atoms with van der Waals surface area (Å²) in [7, 11) is 1.81. The molecule has 0 radical (unpaired) electrons. The summed E-state index contributed by atoms with van der Waals surface area (Å²) in [6, 6.07) is 3.61. The Balaban J connectivity index is 0.00000300. The van der Waals surface area contributed by atoms with E-state index < -0.39 is 5.60 Å². The van der Waals surface area contributed by atoms with Crippen molar-refractivity contribution in [3.8, 4) is 11.6 Å². The van der Waals surface area contributed by atoms with E-state index in [1.807, 2.05) is 20.0 Å². The lowest BCUT2D eigenvalue weighted by Crippen LogP contribution is -2.39. The summed E-state index contributed by atoms with van der Waals surface area (Å²) in [5, 5.41) is 28.2. The van der Waals surface area contributed by atoms with Gasteiger partial charge >= 0.3 is 0 Å². The van der Waals surface area contributed by atoms with Crippen LogP contribution in [0.4, 0.5) is 0 Å². The zero-order valence-electron chi connectivity index (χ0n) is 16.7. The van der Waals surface area contributed by atoms with Crippen molar-refractivity contribution < 1.29 is 9.52 Å². The van der Waals surface area contributed by atoms with Crippen molar-refractivity contribution in [2.75, 3.05) is 19.6 Å². The topological polar surface area (TPSA) is 129 Å². The van der Waals surface area contributed by atoms with Gasteiger partial charge in [0, 0.05) is 38.3 Å². The second-order valence-corrected chi connectivity index (χ2v) is 6.63. The van der Waals surface area contributed by atoms with E-state index in [0.717, 1.165) is 11.4 Å². The Bertz CT molecular complexity index is 901. The molecule has 3 rings (SSSR count). The average molecular weight is 514 g/mol. The highest BCUT2D eigenvalue weighted by molar-refractivity contribution is 14.0. The smallest absolute Gasteiger partial charge is 0.216 e. The summed E-state index contributed by atoms with van der Waals surface area (Å²) < 4.78 is 6.95. The number of nitrogens with zero attached hydrogens (tertiary/aromatic N) is 5. The summed E-state index contributed by atoms with van der Waals surface area (Å²) in [5.74, 6) is 2.53. The molecule has 3 heterocycles. The Hall–Kier alpha value is -2.41. The van der Waals surface area contributed by atoms with Gasteiger partial charge in [-0.3, -0.25) is 9.78 Å². The standard InChI is InChI=1S/C18H26N8O2.HI/c1-4-19-17(21-12-18(2,27)13-10-22-26(3)11-13)20-8-7-15-23-16(25-24-15)14-6-5-9-28-14;/h5-6,9-11,27H,4,7-8,12H2,1-3H3,(H2,19,20,21)(H,23,24,25);1H. The first-order valence-corrected chi connectivity index (χ1v) is 9.17. The molecule has 11 heteroatoms. The normalized spacial score (nSPS) is 13.6. The zero-order chi connectivity index (χ0) is 20.0. The molecule has 0 bridgehead atoms. The number of aromatic nitrogens is 5. The monoisotopic (exact) mass is 514 g/mol. The number of aliphatic imine (C=N–C) groups is 1. The highest BCUT2D eigenvalue weighted by Crippen LogP contribution is 2.19. The summed E-state index contributed by atoms with van der Waals surface area (Å²) in [5.41, 5.74) is -0.374.